The Hall–Kier alpha value is -1.43. The summed E-state index contributed by atoms with van der Waals surface area (Å²) in [6, 6.07) is 7.91. The molecule has 0 saturated carbocycles. The minimum atomic E-state index is -0.0306. The minimum Gasteiger partial charge on any atom is -0.379 e. The van der Waals surface area contributed by atoms with Crippen LogP contribution < -0.4 is 11.1 Å². The average molecular weight is 263 g/mol. The number of ether oxygens (including phenoxy) is 1. The summed E-state index contributed by atoms with van der Waals surface area (Å²) in [6.45, 7) is 4.64. The highest BCUT2D eigenvalue weighted by atomic mass is 16.5. The van der Waals surface area contributed by atoms with Crippen LogP contribution in [0.3, 0.4) is 0 Å². The summed E-state index contributed by atoms with van der Waals surface area (Å²) < 4.78 is 5.34. The number of carbonyl (C=O) groups excluding carboxylic acids is 1. The van der Waals surface area contributed by atoms with Gasteiger partial charge in [-0.1, -0.05) is 18.2 Å². The first-order valence-electron chi connectivity index (χ1n) is 6.67. The second kappa shape index (κ2) is 7.23. The van der Waals surface area contributed by atoms with Crippen LogP contribution in [0, 0.1) is 0 Å². The first-order valence-corrected chi connectivity index (χ1v) is 6.67. The van der Waals surface area contributed by atoms with E-state index in [2.05, 4.69) is 10.2 Å². The largest absolute Gasteiger partial charge is 0.379 e. The van der Waals surface area contributed by atoms with Gasteiger partial charge >= 0.3 is 0 Å². The number of para-hydroxylation sites is 1. The molecule has 0 radical (unpaired) electrons. The maximum atomic E-state index is 11.6. The van der Waals surface area contributed by atoms with Crippen LogP contribution in [0.1, 0.15) is 12.0 Å². The number of nitrogens with zero attached hydrogens (tertiary/aromatic N) is 1. The number of nitrogens with one attached hydrogen (secondary N) is 1. The van der Waals surface area contributed by atoms with E-state index >= 15 is 0 Å². The third-order valence-corrected chi connectivity index (χ3v) is 3.16. The van der Waals surface area contributed by atoms with Crippen LogP contribution in [0.15, 0.2) is 24.3 Å². The molecular formula is C14H21N3O2. The topological polar surface area (TPSA) is 67.6 Å². The van der Waals surface area contributed by atoms with E-state index in [-0.39, 0.29) is 5.91 Å². The molecule has 1 aliphatic heterocycles. The summed E-state index contributed by atoms with van der Waals surface area (Å²) in [4.78, 5) is 14.0. The van der Waals surface area contributed by atoms with Gasteiger partial charge in [-0.3, -0.25) is 9.69 Å². The lowest BCUT2D eigenvalue weighted by molar-refractivity contribution is -0.116. The van der Waals surface area contributed by atoms with E-state index in [0.717, 1.165) is 44.1 Å². The number of anilines is 1. The molecule has 0 bridgehead atoms. The summed E-state index contributed by atoms with van der Waals surface area (Å²) in [6.07, 6.45) is 0.353. The Morgan fingerprint density at radius 2 is 2.05 bits per heavy atom. The van der Waals surface area contributed by atoms with Crippen LogP contribution in [-0.2, 0) is 16.1 Å². The number of benzene rings is 1. The molecule has 104 valence electrons. The highest BCUT2D eigenvalue weighted by Gasteiger charge is 2.13. The fourth-order valence-electron chi connectivity index (χ4n) is 2.12. The summed E-state index contributed by atoms with van der Waals surface area (Å²) in [5.74, 6) is -0.0306. The third kappa shape index (κ3) is 4.31. The van der Waals surface area contributed by atoms with E-state index in [1.807, 2.05) is 24.3 Å². The molecule has 1 aromatic carbocycles. The van der Waals surface area contributed by atoms with Crippen molar-refractivity contribution >= 4 is 11.6 Å². The van der Waals surface area contributed by atoms with Crippen LogP contribution >= 0.6 is 0 Å². The Kier molecular flexibility index (Phi) is 5.32. The molecule has 19 heavy (non-hydrogen) atoms. The van der Waals surface area contributed by atoms with Crippen LogP contribution in [0.5, 0.6) is 0 Å². The van der Waals surface area contributed by atoms with Crippen molar-refractivity contribution < 1.29 is 9.53 Å². The molecule has 5 heteroatoms. The first kappa shape index (κ1) is 14.0. The van der Waals surface area contributed by atoms with Crippen molar-refractivity contribution in [3.8, 4) is 0 Å². The molecule has 1 amide bonds. The van der Waals surface area contributed by atoms with Crippen molar-refractivity contribution in [2.45, 2.75) is 13.0 Å². The van der Waals surface area contributed by atoms with Gasteiger partial charge in [-0.2, -0.15) is 0 Å². The van der Waals surface area contributed by atoms with Gasteiger partial charge in [-0.25, -0.2) is 0 Å². The van der Waals surface area contributed by atoms with Crippen LogP contribution in [0.25, 0.3) is 0 Å². The van der Waals surface area contributed by atoms with Gasteiger partial charge in [0.05, 0.1) is 13.2 Å². The van der Waals surface area contributed by atoms with E-state index in [1.54, 1.807) is 0 Å². The number of morpholine rings is 1. The Balaban J connectivity index is 2.00. The Labute approximate surface area is 113 Å². The molecule has 0 aromatic heterocycles. The van der Waals surface area contributed by atoms with Crippen molar-refractivity contribution in [2.75, 3.05) is 38.2 Å². The van der Waals surface area contributed by atoms with Gasteiger partial charge in [0.15, 0.2) is 0 Å². The number of rotatable bonds is 5. The fourth-order valence-corrected chi connectivity index (χ4v) is 2.12. The summed E-state index contributed by atoms with van der Waals surface area (Å²) in [5, 5.41) is 2.92. The highest BCUT2D eigenvalue weighted by molar-refractivity contribution is 5.91. The second-order valence-electron chi connectivity index (χ2n) is 4.63. The smallest absolute Gasteiger partial charge is 0.225 e. The normalized spacial score (nSPS) is 16.3. The lowest BCUT2D eigenvalue weighted by atomic mass is 10.1. The monoisotopic (exact) mass is 263 g/mol. The quantitative estimate of drug-likeness (QED) is 0.825. The van der Waals surface area contributed by atoms with Crippen molar-refractivity contribution in [1.29, 1.82) is 0 Å². The number of nitrogens with two attached hydrogens (primary N) is 1. The van der Waals surface area contributed by atoms with Gasteiger partial charge < -0.3 is 15.8 Å². The minimum absolute atomic E-state index is 0.0306. The van der Waals surface area contributed by atoms with Crippen LogP contribution in [0.4, 0.5) is 5.69 Å². The molecular weight excluding hydrogens is 242 g/mol. The molecule has 1 heterocycles. The maximum Gasteiger partial charge on any atom is 0.225 e. The molecule has 0 atom stereocenters. The average Bonchev–Trinajstić information content (AvgIpc) is 2.42. The van der Waals surface area contributed by atoms with E-state index in [4.69, 9.17) is 10.5 Å². The number of hydrogen-bond donors (Lipinski definition) is 2. The van der Waals surface area contributed by atoms with E-state index in [0.29, 0.717) is 13.0 Å². The van der Waals surface area contributed by atoms with Crippen molar-refractivity contribution in [3.05, 3.63) is 29.8 Å². The summed E-state index contributed by atoms with van der Waals surface area (Å²) in [7, 11) is 0. The van der Waals surface area contributed by atoms with Gasteiger partial charge in [-0.05, 0) is 11.6 Å². The van der Waals surface area contributed by atoms with Crippen molar-refractivity contribution in [2.24, 2.45) is 5.73 Å². The Morgan fingerprint density at radius 3 is 2.79 bits per heavy atom. The molecule has 2 rings (SSSR count). The van der Waals surface area contributed by atoms with Gasteiger partial charge in [-0.15, -0.1) is 0 Å². The summed E-state index contributed by atoms with van der Waals surface area (Å²) >= 11 is 0. The molecule has 5 nitrogen and oxygen atoms in total. The Bertz CT molecular complexity index is 417. The second-order valence-corrected chi connectivity index (χ2v) is 4.63. The van der Waals surface area contributed by atoms with Gasteiger partial charge in [0.2, 0.25) is 5.91 Å². The molecule has 0 unspecified atom stereocenters. The summed E-state index contributed by atoms with van der Waals surface area (Å²) in [5.41, 5.74) is 7.40. The zero-order chi connectivity index (χ0) is 13.5. The molecule has 3 N–H and O–H groups in total. The molecule has 1 saturated heterocycles. The van der Waals surface area contributed by atoms with Crippen LogP contribution in [0.2, 0.25) is 0 Å². The lowest BCUT2D eigenvalue weighted by Gasteiger charge is -2.27. The first-order chi connectivity index (χ1) is 9.29. The number of hydrogen-bond acceptors (Lipinski definition) is 4. The van der Waals surface area contributed by atoms with Crippen LogP contribution in [-0.4, -0.2) is 43.7 Å². The predicted octanol–water partition coefficient (Wildman–Crippen LogP) is 0.806. The Morgan fingerprint density at radius 1 is 1.32 bits per heavy atom. The standard InChI is InChI=1S/C14H21N3O2/c15-6-5-14(18)16-13-4-2-1-3-12(13)11-17-7-9-19-10-8-17/h1-4H,5-11,15H2,(H,16,18). The van der Waals surface area contributed by atoms with E-state index in [1.165, 1.54) is 0 Å². The van der Waals surface area contributed by atoms with Gasteiger partial charge in [0.25, 0.3) is 0 Å². The SMILES string of the molecule is NCCC(=O)Nc1ccccc1CN1CCOCC1. The molecule has 1 fully saturated rings. The van der Waals surface area contributed by atoms with Gasteiger partial charge in [0.1, 0.15) is 0 Å². The third-order valence-electron chi connectivity index (χ3n) is 3.16. The van der Waals surface area contributed by atoms with E-state index in [9.17, 15) is 4.79 Å². The lowest BCUT2D eigenvalue weighted by Crippen LogP contribution is -2.35. The van der Waals surface area contributed by atoms with Crippen molar-refractivity contribution in [1.82, 2.24) is 4.90 Å². The van der Waals surface area contributed by atoms with Gasteiger partial charge in [0, 0.05) is 38.3 Å². The molecule has 0 aliphatic carbocycles. The number of carbonyl (C=O) groups is 1. The zero-order valence-electron chi connectivity index (χ0n) is 11.1. The molecule has 1 aromatic rings. The zero-order valence-corrected chi connectivity index (χ0v) is 11.1. The molecule has 1 aliphatic rings. The highest BCUT2D eigenvalue weighted by Crippen LogP contribution is 2.18. The van der Waals surface area contributed by atoms with Crippen molar-refractivity contribution in [3.63, 3.8) is 0 Å². The maximum absolute atomic E-state index is 11.6. The van der Waals surface area contributed by atoms with E-state index < -0.39 is 0 Å². The molecule has 0 spiro atoms. The number of amides is 1. The fraction of sp³-hybridized carbons (Fsp3) is 0.500. The predicted molar refractivity (Wildman–Crippen MR) is 74.8 cm³/mol.